The quantitative estimate of drug-likeness (QED) is 0.356. The van der Waals surface area contributed by atoms with Crippen LogP contribution in [0.25, 0.3) is 33.4 Å². The number of hydrogen-bond acceptors (Lipinski definition) is 1. The van der Waals surface area contributed by atoms with Gasteiger partial charge in [-0.3, -0.25) is 0 Å². The Bertz CT molecular complexity index is 1540. The molecular weight excluding hydrogens is 452 g/mol. The van der Waals surface area contributed by atoms with Gasteiger partial charge >= 0.3 is 0 Å². The maximum Gasteiger partial charge on any atom is 0.0385 e. The lowest BCUT2D eigenvalue weighted by Crippen LogP contribution is -2.01. The third kappa shape index (κ3) is 3.87. The van der Waals surface area contributed by atoms with Crippen LogP contribution in [0.3, 0.4) is 0 Å². The van der Waals surface area contributed by atoms with Crippen LogP contribution in [0.2, 0.25) is 0 Å². The highest BCUT2D eigenvalue weighted by Crippen LogP contribution is 2.50. The van der Waals surface area contributed by atoms with Crippen LogP contribution in [-0.2, 0) is 0 Å². The van der Waals surface area contributed by atoms with E-state index in [1.54, 1.807) is 0 Å². The number of fused-ring (bicyclic) bond motifs is 3. The van der Waals surface area contributed by atoms with E-state index in [0.29, 0.717) is 5.25 Å². The Balaban J connectivity index is 1.61. The second-order valence-corrected chi connectivity index (χ2v) is 11.4. The van der Waals surface area contributed by atoms with E-state index in [9.17, 15) is 0 Å². The van der Waals surface area contributed by atoms with E-state index in [-0.39, 0.29) is 0 Å². The van der Waals surface area contributed by atoms with Crippen LogP contribution in [0, 0.1) is 20.8 Å². The summed E-state index contributed by atoms with van der Waals surface area (Å²) in [7, 11) is 0. The minimum atomic E-state index is 0.558. The fourth-order valence-electron chi connectivity index (χ4n) is 5.83. The molecule has 0 radical (unpaired) electrons. The second kappa shape index (κ2) is 9.30. The summed E-state index contributed by atoms with van der Waals surface area (Å²) in [6.45, 7) is 9.11. The Morgan fingerprint density at radius 1 is 0.750 bits per heavy atom. The summed E-state index contributed by atoms with van der Waals surface area (Å²) in [4.78, 5) is 1.41. The molecule has 178 valence electrons. The molecule has 1 atom stereocenters. The maximum absolute atomic E-state index is 2.46. The van der Waals surface area contributed by atoms with Crippen molar-refractivity contribution in [3.63, 3.8) is 0 Å². The van der Waals surface area contributed by atoms with Crippen LogP contribution < -0.4 is 0 Å². The first-order valence-corrected chi connectivity index (χ1v) is 13.8. The number of allylic oxidation sites excluding steroid dienone is 9. The Hall–Kier alpha value is -3.29. The van der Waals surface area contributed by atoms with Crippen LogP contribution in [0.5, 0.6) is 0 Å². The normalized spacial score (nSPS) is 18.2. The summed E-state index contributed by atoms with van der Waals surface area (Å²) in [5.41, 5.74) is 16.4. The molecule has 0 aromatic heterocycles. The highest BCUT2D eigenvalue weighted by Gasteiger charge is 2.29. The molecule has 0 bridgehead atoms. The van der Waals surface area contributed by atoms with Crippen molar-refractivity contribution in [2.45, 2.75) is 50.7 Å². The molecule has 0 amide bonds. The van der Waals surface area contributed by atoms with E-state index in [1.165, 1.54) is 71.7 Å². The van der Waals surface area contributed by atoms with Crippen LogP contribution in [0.4, 0.5) is 0 Å². The van der Waals surface area contributed by atoms with Gasteiger partial charge in [0.2, 0.25) is 0 Å². The molecule has 2 aliphatic carbocycles. The van der Waals surface area contributed by atoms with Crippen molar-refractivity contribution in [1.29, 1.82) is 0 Å². The molecule has 0 N–H and O–H groups in total. The van der Waals surface area contributed by atoms with Gasteiger partial charge < -0.3 is 0 Å². The molecule has 1 aliphatic heterocycles. The van der Waals surface area contributed by atoms with Gasteiger partial charge in [0.25, 0.3) is 0 Å². The number of benzene rings is 3. The minimum Gasteiger partial charge on any atom is -0.117 e. The van der Waals surface area contributed by atoms with Crippen molar-refractivity contribution in [3.05, 3.63) is 124 Å². The Morgan fingerprint density at radius 2 is 1.61 bits per heavy atom. The zero-order valence-corrected chi connectivity index (χ0v) is 22.4. The monoisotopic (exact) mass is 484 g/mol. The Morgan fingerprint density at radius 3 is 2.47 bits per heavy atom. The molecular formula is C35H32S. The van der Waals surface area contributed by atoms with E-state index in [1.807, 2.05) is 11.8 Å². The van der Waals surface area contributed by atoms with Crippen molar-refractivity contribution in [2.75, 3.05) is 0 Å². The molecule has 3 aromatic rings. The Kier molecular flexibility index (Phi) is 5.97. The summed E-state index contributed by atoms with van der Waals surface area (Å²) in [5, 5.41) is 0.558. The predicted molar refractivity (Wildman–Crippen MR) is 158 cm³/mol. The van der Waals surface area contributed by atoms with Crippen molar-refractivity contribution in [1.82, 2.24) is 0 Å². The summed E-state index contributed by atoms with van der Waals surface area (Å²) in [5.74, 6) is 0. The lowest BCUT2D eigenvalue weighted by Gasteiger charge is -2.22. The summed E-state index contributed by atoms with van der Waals surface area (Å²) < 4.78 is 0. The van der Waals surface area contributed by atoms with Gasteiger partial charge in [-0.2, -0.15) is 0 Å². The summed E-state index contributed by atoms with van der Waals surface area (Å²) >= 11 is 2.03. The van der Waals surface area contributed by atoms with Crippen LogP contribution >= 0.6 is 11.8 Å². The van der Waals surface area contributed by atoms with Crippen LogP contribution in [0.1, 0.15) is 47.6 Å². The first-order chi connectivity index (χ1) is 17.5. The molecule has 3 aliphatic rings. The molecule has 6 rings (SSSR count). The number of rotatable bonds is 3. The molecule has 1 heterocycles. The first-order valence-electron chi connectivity index (χ1n) is 12.9. The fourth-order valence-corrected chi connectivity index (χ4v) is 7.19. The van der Waals surface area contributed by atoms with E-state index in [2.05, 4.69) is 119 Å². The smallest absolute Gasteiger partial charge is 0.0385 e. The Labute approximate surface area is 219 Å². The van der Waals surface area contributed by atoms with Crippen molar-refractivity contribution >= 4 is 22.9 Å². The van der Waals surface area contributed by atoms with Crippen LogP contribution in [-0.4, -0.2) is 5.25 Å². The SMILES string of the molecule is CC1=C(c2c(-c3ccc4c(c3)SC3CC=CC=C43)cc(-c3ccccc3C)c(C)c2C)C=CC=CC1. The van der Waals surface area contributed by atoms with Crippen molar-refractivity contribution in [3.8, 4) is 22.3 Å². The largest absolute Gasteiger partial charge is 0.117 e. The third-order valence-electron chi connectivity index (χ3n) is 7.98. The topological polar surface area (TPSA) is 0 Å². The predicted octanol–water partition coefficient (Wildman–Crippen LogP) is 10.1. The van der Waals surface area contributed by atoms with Gasteiger partial charge in [0.05, 0.1) is 0 Å². The molecule has 1 unspecified atom stereocenters. The average Bonchev–Trinajstić information content (AvgIpc) is 3.13. The maximum atomic E-state index is 2.46. The van der Waals surface area contributed by atoms with Gasteiger partial charge in [-0.05, 0) is 114 Å². The molecule has 0 spiro atoms. The zero-order valence-electron chi connectivity index (χ0n) is 21.6. The summed E-state index contributed by atoms with van der Waals surface area (Å²) in [6, 6.07) is 18.4. The third-order valence-corrected chi connectivity index (χ3v) is 9.30. The summed E-state index contributed by atoms with van der Waals surface area (Å²) in [6.07, 6.45) is 17.9. The van der Waals surface area contributed by atoms with Gasteiger partial charge in [-0.25, -0.2) is 0 Å². The van der Waals surface area contributed by atoms with Gasteiger partial charge in [0.15, 0.2) is 0 Å². The van der Waals surface area contributed by atoms with E-state index < -0.39 is 0 Å². The highest BCUT2D eigenvalue weighted by atomic mass is 32.2. The molecule has 36 heavy (non-hydrogen) atoms. The lowest BCUT2D eigenvalue weighted by atomic mass is 9.82. The molecule has 0 fully saturated rings. The standard InChI is InChI=1S/C35H32S/c1-22-13-8-9-14-27(22)31-21-32(35(25(4)24(31)3)28-15-7-5-6-12-23(28)2)26-18-19-30-29-16-10-11-17-33(29)36-34(30)20-26/h5-11,13-16,18-21,33H,12,17H2,1-4H3. The van der Waals surface area contributed by atoms with E-state index in [4.69, 9.17) is 0 Å². The average molecular weight is 485 g/mol. The first kappa shape index (κ1) is 23.1. The number of thioether (sulfide) groups is 1. The molecule has 0 saturated carbocycles. The van der Waals surface area contributed by atoms with E-state index >= 15 is 0 Å². The molecule has 0 saturated heterocycles. The van der Waals surface area contributed by atoms with Gasteiger partial charge in [0, 0.05) is 10.1 Å². The number of aryl methyl sites for hydroxylation is 1. The zero-order chi connectivity index (χ0) is 24.8. The second-order valence-electron chi connectivity index (χ2n) is 10.2. The van der Waals surface area contributed by atoms with Gasteiger partial charge in [0.1, 0.15) is 0 Å². The molecule has 1 heteroatoms. The van der Waals surface area contributed by atoms with Gasteiger partial charge in [-0.15, -0.1) is 11.8 Å². The van der Waals surface area contributed by atoms with Crippen LogP contribution in [0.15, 0.2) is 102 Å². The number of hydrogen-bond donors (Lipinski definition) is 0. The molecule has 3 aromatic carbocycles. The van der Waals surface area contributed by atoms with Gasteiger partial charge in [-0.1, -0.05) is 84.5 Å². The van der Waals surface area contributed by atoms with Crippen molar-refractivity contribution < 1.29 is 0 Å². The fraction of sp³-hybridized carbons (Fsp3) is 0.200. The van der Waals surface area contributed by atoms with E-state index in [0.717, 1.165) is 12.8 Å². The molecule has 0 nitrogen and oxygen atoms in total. The lowest BCUT2D eigenvalue weighted by molar-refractivity contribution is 1.09. The minimum absolute atomic E-state index is 0.558. The van der Waals surface area contributed by atoms with Crippen molar-refractivity contribution in [2.24, 2.45) is 0 Å². The highest BCUT2D eigenvalue weighted by molar-refractivity contribution is 8.00.